The van der Waals surface area contributed by atoms with Crippen LogP contribution in [0.5, 0.6) is 0 Å². The highest BCUT2D eigenvalue weighted by Crippen LogP contribution is 2.29. The number of nitrogens with one attached hydrogen (secondary N) is 2. The van der Waals surface area contributed by atoms with E-state index in [9.17, 15) is 22.8 Å². The van der Waals surface area contributed by atoms with Gasteiger partial charge in [-0.3, -0.25) is 14.5 Å². The minimum absolute atomic E-state index is 0.0239. The van der Waals surface area contributed by atoms with Gasteiger partial charge in [-0.1, -0.05) is 41.4 Å². The molecule has 0 saturated carbocycles. The summed E-state index contributed by atoms with van der Waals surface area (Å²) in [6, 6.07) is 10.3. The van der Waals surface area contributed by atoms with Crippen molar-refractivity contribution in [1.82, 2.24) is 10.2 Å². The molecule has 2 N–H and O–H groups in total. The first-order chi connectivity index (χ1) is 13.9. The molecule has 1 fully saturated rings. The van der Waals surface area contributed by atoms with Crippen LogP contribution in [0, 0.1) is 6.92 Å². The van der Waals surface area contributed by atoms with Crippen LogP contribution in [-0.4, -0.2) is 44.0 Å². The number of urea groups is 1. The normalized spacial score (nSPS) is 19.0. The third kappa shape index (κ3) is 4.17. The van der Waals surface area contributed by atoms with Crippen LogP contribution in [0.4, 0.5) is 10.5 Å². The number of rotatable bonds is 5. The van der Waals surface area contributed by atoms with Gasteiger partial charge in [-0.2, -0.15) is 0 Å². The Morgan fingerprint density at radius 3 is 2.40 bits per heavy atom. The molecule has 2 aromatic rings. The molecule has 0 unspecified atom stereocenters. The molecule has 1 heterocycles. The van der Waals surface area contributed by atoms with Crippen LogP contribution in [0.25, 0.3) is 0 Å². The fraction of sp³-hybridized carbons (Fsp3) is 0.250. The maximum atomic E-state index is 12.9. The predicted octanol–water partition coefficient (Wildman–Crippen LogP) is 2.46. The molecule has 1 atom stereocenters. The summed E-state index contributed by atoms with van der Waals surface area (Å²) >= 11 is 6.03. The van der Waals surface area contributed by atoms with Gasteiger partial charge < -0.3 is 10.6 Å². The summed E-state index contributed by atoms with van der Waals surface area (Å²) in [7, 11) is -3.51. The van der Waals surface area contributed by atoms with Crippen molar-refractivity contribution in [3.05, 3.63) is 58.6 Å². The quantitative estimate of drug-likeness (QED) is 0.681. The van der Waals surface area contributed by atoms with E-state index in [1.165, 1.54) is 18.2 Å². The number of aryl methyl sites for hydroxylation is 1. The molecule has 0 aromatic heterocycles. The summed E-state index contributed by atoms with van der Waals surface area (Å²) in [5.74, 6) is -1.26. The van der Waals surface area contributed by atoms with Crippen molar-refractivity contribution in [2.24, 2.45) is 0 Å². The number of amides is 4. The molecule has 2 aromatic carbocycles. The summed E-state index contributed by atoms with van der Waals surface area (Å²) < 4.78 is 23.4. The number of halogens is 1. The molecule has 0 aliphatic carbocycles. The van der Waals surface area contributed by atoms with Gasteiger partial charge in [0.15, 0.2) is 9.84 Å². The van der Waals surface area contributed by atoms with Gasteiger partial charge in [-0.05, 0) is 37.6 Å². The fourth-order valence-corrected chi connectivity index (χ4v) is 3.90. The zero-order chi connectivity index (χ0) is 22.3. The van der Waals surface area contributed by atoms with Crippen molar-refractivity contribution >= 4 is 45.0 Å². The Bertz CT molecular complexity index is 1150. The molecule has 1 aliphatic heterocycles. The molecular formula is C20H20ClN3O5S. The largest absolute Gasteiger partial charge is 0.325 e. The van der Waals surface area contributed by atoms with Crippen molar-refractivity contribution in [2.45, 2.75) is 24.3 Å². The SMILES string of the molecule is Cc1ccc([C@]2(C)NC(=O)N(CC(=O)Nc3cc(S(C)(=O)=O)ccc3Cl)C2=O)cc1. The van der Waals surface area contributed by atoms with Gasteiger partial charge >= 0.3 is 6.03 Å². The number of carbonyl (C=O) groups excluding carboxylic acids is 3. The number of imide groups is 1. The number of hydrogen-bond donors (Lipinski definition) is 2. The van der Waals surface area contributed by atoms with Crippen molar-refractivity contribution in [2.75, 3.05) is 18.1 Å². The number of benzene rings is 2. The molecule has 4 amide bonds. The van der Waals surface area contributed by atoms with Crippen LogP contribution in [0.15, 0.2) is 47.4 Å². The van der Waals surface area contributed by atoms with Crippen molar-refractivity contribution in [3.8, 4) is 0 Å². The van der Waals surface area contributed by atoms with Gasteiger partial charge in [0.25, 0.3) is 5.91 Å². The van der Waals surface area contributed by atoms with Gasteiger partial charge in [-0.15, -0.1) is 0 Å². The summed E-state index contributed by atoms with van der Waals surface area (Å²) in [5, 5.41) is 5.21. The lowest BCUT2D eigenvalue weighted by Gasteiger charge is -2.22. The number of sulfone groups is 1. The second kappa shape index (κ2) is 7.73. The summed E-state index contributed by atoms with van der Waals surface area (Å²) in [6.07, 6.45) is 1.03. The maximum Gasteiger partial charge on any atom is 0.325 e. The fourth-order valence-electron chi connectivity index (χ4n) is 3.09. The van der Waals surface area contributed by atoms with E-state index in [1.807, 2.05) is 19.1 Å². The maximum absolute atomic E-state index is 12.9. The van der Waals surface area contributed by atoms with Gasteiger partial charge in [0.2, 0.25) is 5.91 Å². The van der Waals surface area contributed by atoms with Crippen LogP contribution < -0.4 is 10.6 Å². The lowest BCUT2D eigenvalue weighted by Crippen LogP contribution is -2.42. The van der Waals surface area contributed by atoms with Crippen molar-refractivity contribution < 1.29 is 22.8 Å². The first kappa shape index (κ1) is 21.8. The van der Waals surface area contributed by atoms with E-state index in [2.05, 4.69) is 10.6 Å². The molecule has 1 aliphatic rings. The topological polar surface area (TPSA) is 113 Å². The molecule has 0 spiro atoms. The molecule has 30 heavy (non-hydrogen) atoms. The first-order valence-corrected chi connectivity index (χ1v) is 11.2. The van der Waals surface area contributed by atoms with E-state index < -0.39 is 39.8 Å². The van der Waals surface area contributed by atoms with E-state index in [4.69, 9.17) is 11.6 Å². The van der Waals surface area contributed by atoms with Crippen LogP contribution >= 0.6 is 11.6 Å². The second-order valence-electron chi connectivity index (χ2n) is 7.27. The van der Waals surface area contributed by atoms with Crippen molar-refractivity contribution in [1.29, 1.82) is 0 Å². The van der Waals surface area contributed by atoms with Gasteiger partial charge in [-0.25, -0.2) is 13.2 Å². The lowest BCUT2D eigenvalue weighted by molar-refractivity contribution is -0.133. The number of anilines is 1. The average Bonchev–Trinajstić information content (AvgIpc) is 2.87. The highest BCUT2D eigenvalue weighted by Gasteiger charge is 2.49. The number of hydrogen-bond acceptors (Lipinski definition) is 5. The monoisotopic (exact) mass is 449 g/mol. The Hall–Kier alpha value is -2.91. The summed E-state index contributed by atoms with van der Waals surface area (Å²) in [6.45, 7) is 2.93. The molecule has 10 heteroatoms. The zero-order valence-electron chi connectivity index (χ0n) is 16.5. The Kier molecular flexibility index (Phi) is 5.62. The summed E-state index contributed by atoms with van der Waals surface area (Å²) in [4.78, 5) is 38.6. The van der Waals surface area contributed by atoms with Crippen LogP contribution in [-0.2, 0) is 25.0 Å². The Morgan fingerprint density at radius 2 is 1.80 bits per heavy atom. The molecule has 3 rings (SSSR count). The van der Waals surface area contributed by atoms with Crippen LogP contribution in [0.1, 0.15) is 18.1 Å². The number of nitrogens with zero attached hydrogens (tertiary/aromatic N) is 1. The van der Waals surface area contributed by atoms with Gasteiger partial charge in [0, 0.05) is 6.26 Å². The average molecular weight is 450 g/mol. The molecule has 0 radical (unpaired) electrons. The van der Waals surface area contributed by atoms with Crippen LogP contribution in [0.3, 0.4) is 0 Å². The first-order valence-electron chi connectivity index (χ1n) is 8.92. The highest BCUT2D eigenvalue weighted by molar-refractivity contribution is 7.90. The molecule has 1 saturated heterocycles. The van der Waals surface area contributed by atoms with E-state index in [0.717, 1.165) is 16.7 Å². The standard InChI is InChI=1S/C20H20ClN3O5S/c1-12-4-6-13(7-5-12)20(2)18(26)24(19(27)23-20)11-17(25)22-16-10-14(30(3,28)29)8-9-15(16)21/h4-10H,11H2,1-3H3,(H,22,25)(H,23,27)/t20-/m0/s1. The Balaban J connectivity index is 1.78. The molecule has 8 nitrogen and oxygen atoms in total. The van der Waals surface area contributed by atoms with E-state index >= 15 is 0 Å². The van der Waals surface area contributed by atoms with E-state index in [0.29, 0.717) is 5.56 Å². The predicted molar refractivity (Wildman–Crippen MR) is 112 cm³/mol. The second-order valence-corrected chi connectivity index (χ2v) is 9.70. The number of carbonyl (C=O) groups is 3. The Labute approximate surface area is 179 Å². The van der Waals surface area contributed by atoms with Crippen molar-refractivity contribution in [3.63, 3.8) is 0 Å². The van der Waals surface area contributed by atoms with E-state index in [-0.39, 0.29) is 15.6 Å². The molecule has 158 valence electrons. The lowest BCUT2D eigenvalue weighted by atomic mass is 9.91. The summed E-state index contributed by atoms with van der Waals surface area (Å²) in [5.41, 5.74) is 0.374. The molecular weight excluding hydrogens is 430 g/mol. The van der Waals surface area contributed by atoms with Gasteiger partial charge in [0.1, 0.15) is 12.1 Å². The Morgan fingerprint density at radius 1 is 1.17 bits per heavy atom. The highest BCUT2D eigenvalue weighted by atomic mass is 35.5. The smallest absolute Gasteiger partial charge is 0.323 e. The minimum Gasteiger partial charge on any atom is -0.323 e. The van der Waals surface area contributed by atoms with Crippen LogP contribution in [0.2, 0.25) is 5.02 Å². The third-order valence-corrected chi connectivity index (χ3v) is 6.29. The zero-order valence-corrected chi connectivity index (χ0v) is 18.1. The third-order valence-electron chi connectivity index (χ3n) is 4.85. The van der Waals surface area contributed by atoms with Gasteiger partial charge in [0.05, 0.1) is 15.6 Å². The van der Waals surface area contributed by atoms with E-state index in [1.54, 1.807) is 19.1 Å². The minimum atomic E-state index is -3.51. The molecule has 0 bridgehead atoms.